The van der Waals surface area contributed by atoms with Gasteiger partial charge in [0, 0.05) is 13.1 Å². The van der Waals surface area contributed by atoms with Gasteiger partial charge in [-0.05, 0) is 26.1 Å². The van der Waals surface area contributed by atoms with Gasteiger partial charge in [0.25, 0.3) is 0 Å². The number of rotatable bonds is 6. The summed E-state index contributed by atoms with van der Waals surface area (Å²) in [6.07, 6.45) is 1.18. The SMILES string of the molecule is CCN(CC)CCCNC1=NCCN1. The highest BCUT2D eigenvalue weighted by Crippen LogP contribution is 1.89. The van der Waals surface area contributed by atoms with E-state index in [1.54, 1.807) is 0 Å². The van der Waals surface area contributed by atoms with Gasteiger partial charge in [0.2, 0.25) is 0 Å². The second-order valence-corrected chi connectivity index (χ2v) is 3.46. The number of aliphatic imine (C=N–C) groups is 1. The maximum absolute atomic E-state index is 4.27. The Morgan fingerprint density at radius 2 is 2.21 bits per heavy atom. The molecule has 0 atom stereocenters. The van der Waals surface area contributed by atoms with Crippen molar-refractivity contribution in [1.82, 2.24) is 15.5 Å². The van der Waals surface area contributed by atoms with Crippen LogP contribution in [-0.2, 0) is 0 Å². The molecule has 1 rings (SSSR count). The van der Waals surface area contributed by atoms with Crippen LogP contribution in [0.25, 0.3) is 0 Å². The highest BCUT2D eigenvalue weighted by atomic mass is 15.2. The molecule has 0 spiro atoms. The van der Waals surface area contributed by atoms with E-state index in [4.69, 9.17) is 0 Å². The van der Waals surface area contributed by atoms with E-state index in [1.807, 2.05) is 0 Å². The normalized spacial score (nSPS) is 15.5. The molecule has 0 bridgehead atoms. The standard InChI is InChI=1S/C10H22N4/c1-3-14(4-2)9-5-6-11-10-12-7-8-13-10/h3-9H2,1-2H3,(H2,11,12,13). The minimum Gasteiger partial charge on any atom is -0.356 e. The molecule has 0 amide bonds. The van der Waals surface area contributed by atoms with Gasteiger partial charge in [-0.25, -0.2) is 0 Å². The highest BCUT2D eigenvalue weighted by Gasteiger charge is 2.03. The van der Waals surface area contributed by atoms with Crippen molar-refractivity contribution in [3.8, 4) is 0 Å². The van der Waals surface area contributed by atoms with Crippen LogP contribution in [0, 0.1) is 0 Å². The van der Waals surface area contributed by atoms with E-state index < -0.39 is 0 Å². The molecule has 1 aliphatic rings. The molecule has 0 aromatic carbocycles. The topological polar surface area (TPSA) is 39.7 Å². The smallest absolute Gasteiger partial charge is 0.191 e. The molecule has 0 aromatic heterocycles. The minimum absolute atomic E-state index is 0.915. The second-order valence-electron chi connectivity index (χ2n) is 3.46. The lowest BCUT2D eigenvalue weighted by atomic mass is 10.3. The van der Waals surface area contributed by atoms with E-state index in [1.165, 1.54) is 13.0 Å². The van der Waals surface area contributed by atoms with E-state index in [0.29, 0.717) is 0 Å². The molecule has 0 fully saturated rings. The first-order valence-electron chi connectivity index (χ1n) is 5.61. The predicted octanol–water partition coefficient (Wildman–Crippen LogP) is 0.267. The monoisotopic (exact) mass is 198 g/mol. The van der Waals surface area contributed by atoms with Crippen LogP contribution in [0.3, 0.4) is 0 Å². The largest absolute Gasteiger partial charge is 0.356 e. The molecule has 0 aromatic rings. The van der Waals surface area contributed by atoms with Crippen LogP contribution >= 0.6 is 0 Å². The summed E-state index contributed by atoms with van der Waals surface area (Å²) >= 11 is 0. The van der Waals surface area contributed by atoms with Gasteiger partial charge >= 0.3 is 0 Å². The summed E-state index contributed by atoms with van der Waals surface area (Å²) < 4.78 is 0. The van der Waals surface area contributed by atoms with Gasteiger partial charge in [0.1, 0.15) is 0 Å². The third-order valence-corrected chi connectivity index (χ3v) is 2.51. The number of nitrogens with zero attached hydrogens (tertiary/aromatic N) is 2. The van der Waals surface area contributed by atoms with Crippen molar-refractivity contribution in [3.05, 3.63) is 0 Å². The van der Waals surface area contributed by atoms with Gasteiger partial charge in [-0.3, -0.25) is 4.99 Å². The molecule has 2 N–H and O–H groups in total. The van der Waals surface area contributed by atoms with Gasteiger partial charge in [-0.1, -0.05) is 13.8 Å². The van der Waals surface area contributed by atoms with Crippen molar-refractivity contribution in [2.75, 3.05) is 39.3 Å². The molecule has 0 radical (unpaired) electrons. The van der Waals surface area contributed by atoms with Crippen LogP contribution in [0.15, 0.2) is 4.99 Å². The Morgan fingerprint density at radius 1 is 1.43 bits per heavy atom. The number of hydrogen-bond acceptors (Lipinski definition) is 4. The van der Waals surface area contributed by atoms with Crippen LogP contribution in [0.2, 0.25) is 0 Å². The fourth-order valence-corrected chi connectivity index (χ4v) is 1.57. The summed E-state index contributed by atoms with van der Waals surface area (Å²) in [4.78, 5) is 6.71. The summed E-state index contributed by atoms with van der Waals surface area (Å²) in [6, 6.07) is 0. The van der Waals surface area contributed by atoms with E-state index in [2.05, 4.69) is 34.4 Å². The highest BCUT2D eigenvalue weighted by molar-refractivity contribution is 5.81. The Balaban J connectivity index is 1.98. The van der Waals surface area contributed by atoms with Crippen molar-refractivity contribution < 1.29 is 0 Å². The van der Waals surface area contributed by atoms with Crippen LogP contribution in [-0.4, -0.2) is 50.1 Å². The van der Waals surface area contributed by atoms with Gasteiger partial charge in [0.15, 0.2) is 5.96 Å². The first-order chi connectivity index (χ1) is 6.86. The molecular weight excluding hydrogens is 176 g/mol. The summed E-state index contributed by atoms with van der Waals surface area (Å²) in [6.45, 7) is 10.8. The average molecular weight is 198 g/mol. The Labute approximate surface area is 86.8 Å². The molecule has 82 valence electrons. The third-order valence-electron chi connectivity index (χ3n) is 2.51. The third kappa shape index (κ3) is 3.96. The summed E-state index contributed by atoms with van der Waals surface area (Å²) in [5.41, 5.74) is 0. The first kappa shape index (κ1) is 11.3. The second kappa shape index (κ2) is 6.65. The first-order valence-corrected chi connectivity index (χ1v) is 5.61. The van der Waals surface area contributed by atoms with Crippen molar-refractivity contribution in [2.24, 2.45) is 4.99 Å². The fraction of sp³-hybridized carbons (Fsp3) is 0.900. The average Bonchev–Trinajstić information content (AvgIpc) is 2.71. The Bertz CT molecular complexity index is 175. The van der Waals surface area contributed by atoms with Crippen LogP contribution < -0.4 is 10.6 Å². The molecule has 4 nitrogen and oxygen atoms in total. The summed E-state index contributed by atoms with van der Waals surface area (Å²) in [5.74, 6) is 0.976. The lowest BCUT2D eigenvalue weighted by Gasteiger charge is -2.17. The van der Waals surface area contributed by atoms with Crippen molar-refractivity contribution in [1.29, 1.82) is 0 Å². The van der Waals surface area contributed by atoms with Gasteiger partial charge in [0.05, 0.1) is 6.54 Å². The molecule has 0 saturated heterocycles. The molecule has 0 saturated carbocycles. The summed E-state index contributed by atoms with van der Waals surface area (Å²) in [5, 5.41) is 6.50. The van der Waals surface area contributed by atoms with E-state index in [9.17, 15) is 0 Å². The minimum atomic E-state index is 0.915. The zero-order valence-corrected chi connectivity index (χ0v) is 9.34. The Morgan fingerprint density at radius 3 is 2.79 bits per heavy atom. The van der Waals surface area contributed by atoms with Gasteiger partial charge in [-0.2, -0.15) is 0 Å². The Kier molecular flexibility index (Phi) is 5.37. The zero-order chi connectivity index (χ0) is 10.2. The van der Waals surface area contributed by atoms with E-state index >= 15 is 0 Å². The van der Waals surface area contributed by atoms with Crippen LogP contribution in [0.4, 0.5) is 0 Å². The molecule has 4 heteroatoms. The number of nitrogens with one attached hydrogen (secondary N) is 2. The maximum atomic E-state index is 4.27. The lowest BCUT2D eigenvalue weighted by Crippen LogP contribution is -2.35. The van der Waals surface area contributed by atoms with E-state index in [-0.39, 0.29) is 0 Å². The van der Waals surface area contributed by atoms with Crippen LogP contribution in [0.5, 0.6) is 0 Å². The molecule has 0 unspecified atom stereocenters. The fourth-order valence-electron chi connectivity index (χ4n) is 1.57. The lowest BCUT2D eigenvalue weighted by molar-refractivity contribution is 0.300. The van der Waals surface area contributed by atoms with Crippen molar-refractivity contribution >= 4 is 5.96 Å². The molecule has 1 heterocycles. The number of guanidine groups is 1. The van der Waals surface area contributed by atoms with Crippen LogP contribution in [0.1, 0.15) is 20.3 Å². The predicted molar refractivity (Wildman–Crippen MR) is 60.7 cm³/mol. The molecule has 14 heavy (non-hydrogen) atoms. The quantitative estimate of drug-likeness (QED) is 0.602. The molecule has 0 aliphatic carbocycles. The van der Waals surface area contributed by atoms with Gasteiger partial charge in [-0.15, -0.1) is 0 Å². The van der Waals surface area contributed by atoms with Crippen molar-refractivity contribution in [2.45, 2.75) is 20.3 Å². The molecular formula is C10H22N4. The maximum Gasteiger partial charge on any atom is 0.191 e. The van der Waals surface area contributed by atoms with E-state index in [0.717, 1.165) is 38.7 Å². The van der Waals surface area contributed by atoms with Crippen molar-refractivity contribution in [3.63, 3.8) is 0 Å². The molecule has 1 aliphatic heterocycles. The number of hydrogen-bond donors (Lipinski definition) is 2. The zero-order valence-electron chi connectivity index (χ0n) is 9.34. The Hall–Kier alpha value is -0.770. The van der Waals surface area contributed by atoms with Gasteiger partial charge < -0.3 is 15.5 Å². The summed E-state index contributed by atoms with van der Waals surface area (Å²) in [7, 11) is 0.